The lowest BCUT2D eigenvalue weighted by Crippen LogP contribution is -2.32. The number of rotatable bonds is 6. The molecule has 1 aliphatic heterocycles. The Hall–Kier alpha value is -3.84. The Kier molecular flexibility index (Phi) is 5.94. The summed E-state index contributed by atoms with van der Waals surface area (Å²) in [7, 11) is 3.10. The second kappa shape index (κ2) is 9.07. The summed E-state index contributed by atoms with van der Waals surface area (Å²) < 4.78 is 31.5. The Morgan fingerprint density at radius 3 is 2.51 bits per heavy atom. The first kappa shape index (κ1) is 22.9. The van der Waals surface area contributed by atoms with Crippen LogP contribution in [0.1, 0.15) is 33.3 Å². The Morgan fingerprint density at radius 1 is 1.00 bits per heavy atom. The second-order valence-electron chi connectivity index (χ2n) is 8.18. The van der Waals surface area contributed by atoms with Gasteiger partial charge < -0.3 is 18.8 Å². The van der Waals surface area contributed by atoms with E-state index in [0.29, 0.717) is 22.9 Å². The summed E-state index contributed by atoms with van der Waals surface area (Å²) in [4.78, 5) is 28.5. The fraction of sp³-hybridized carbons (Fsp3) is 0.185. The number of fused-ring (bicyclic) bond motifs is 2. The van der Waals surface area contributed by atoms with E-state index < -0.39 is 23.2 Å². The summed E-state index contributed by atoms with van der Waals surface area (Å²) in [5.41, 5.74) is 1.07. The lowest BCUT2D eigenvalue weighted by atomic mass is 9.98. The minimum absolute atomic E-state index is 0.0783. The van der Waals surface area contributed by atoms with Crippen LogP contribution in [0.15, 0.2) is 69.9 Å². The van der Waals surface area contributed by atoms with Gasteiger partial charge in [0.1, 0.15) is 11.4 Å². The smallest absolute Gasteiger partial charge is 0.290 e. The van der Waals surface area contributed by atoms with Gasteiger partial charge in [0.05, 0.1) is 31.2 Å². The average molecular weight is 494 g/mol. The van der Waals surface area contributed by atoms with Gasteiger partial charge in [-0.05, 0) is 48.4 Å². The van der Waals surface area contributed by atoms with Crippen molar-refractivity contribution in [2.24, 2.45) is 0 Å². The number of nitrogens with zero attached hydrogens (tertiary/aromatic N) is 1. The molecule has 2 heterocycles. The molecule has 4 aromatic rings. The highest BCUT2D eigenvalue weighted by Crippen LogP contribution is 2.39. The van der Waals surface area contributed by atoms with Gasteiger partial charge in [0.25, 0.3) is 5.91 Å². The van der Waals surface area contributed by atoms with E-state index >= 15 is 0 Å². The molecule has 0 fully saturated rings. The highest BCUT2D eigenvalue weighted by Gasteiger charge is 2.43. The summed E-state index contributed by atoms with van der Waals surface area (Å²) in [5.74, 6) is 0.0878. The van der Waals surface area contributed by atoms with Crippen molar-refractivity contribution in [3.05, 3.63) is 104 Å². The molecule has 0 spiro atoms. The van der Waals surface area contributed by atoms with Gasteiger partial charge in [-0.1, -0.05) is 35.9 Å². The monoisotopic (exact) mass is 493 g/mol. The molecule has 178 valence electrons. The van der Waals surface area contributed by atoms with E-state index in [-0.39, 0.29) is 34.4 Å². The average Bonchev–Trinajstić information content (AvgIpc) is 3.14. The van der Waals surface area contributed by atoms with Crippen molar-refractivity contribution in [1.29, 1.82) is 0 Å². The summed E-state index contributed by atoms with van der Waals surface area (Å²) in [6, 6.07) is 15.3. The first-order valence-electron chi connectivity index (χ1n) is 11.0. The third-order valence-corrected chi connectivity index (χ3v) is 6.45. The second-order valence-corrected chi connectivity index (χ2v) is 8.61. The first-order chi connectivity index (χ1) is 16.9. The van der Waals surface area contributed by atoms with Crippen molar-refractivity contribution in [2.45, 2.75) is 12.5 Å². The zero-order valence-electron chi connectivity index (χ0n) is 19.0. The van der Waals surface area contributed by atoms with Gasteiger partial charge in [0, 0.05) is 17.1 Å². The predicted molar refractivity (Wildman–Crippen MR) is 130 cm³/mol. The number of hydrogen-bond acceptors (Lipinski definition) is 5. The molecule has 0 N–H and O–H groups in total. The van der Waals surface area contributed by atoms with Crippen LogP contribution in [0.2, 0.25) is 5.02 Å². The number of carbonyl (C=O) groups is 1. The molecule has 8 heteroatoms. The van der Waals surface area contributed by atoms with Gasteiger partial charge in [-0.2, -0.15) is 0 Å². The molecule has 0 radical (unpaired) electrons. The Bertz CT molecular complexity index is 1520. The fourth-order valence-corrected chi connectivity index (χ4v) is 4.70. The standard InChI is InChI=1S/C27H21ClFNO5/c1-33-21-9-7-15(13-22(21)34-2)11-12-30-24(17-5-3-4-6-19(17)29)23-25(31)18-14-16(28)8-10-20(18)35-26(23)27(30)32/h3-10,13-14,24H,11-12H2,1-2H3/t24-/m0/s1. The lowest BCUT2D eigenvalue weighted by Gasteiger charge is -2.25. The van der Waals surface area contributed by atoms with Crippen LogP contribution in [0.25, 0.3) is 11.0 Å². The van der Waals surface area contributed by atoms with E-state index in [4.69, 9.17) is 25.5 Å². The molecular formula is C27H21ClFNO5. The van der Waals surface area contributed by atoms with Crippen LogP contribution in [0.3, 0.4) is 0 Å². The van der Waals surface area contributed by atoms with Crippen LogP contribution in [-0.4, -0.2) is 31.6 Å². The van der Waals surface area contributed by atoms with Crippen LogP contribution in [0, 0.1) is 5.82 Å². The van der Waals surface area contributed by atoms with Gasteiger partial charge in [0.2, 0.25) is 5.76 Å². The Labute approximate surface area is 205 Å². The molecular weight excluding hydrogens is 473 g/mol. The van der Waals surface area contributed by atoms with Gasteiger partial charge in [-0.25, -0.2) is 4.39 Å². The number of carbonyl (C=O) groups excluding carboxylic acids is 1. The molecule has 1 amide bonds. The van der Waals surface area contributed by atoms with Crippen LogP contribution in [0.4, 0.5) is 4.39 Å². The van der Waals surface area contributed by atoms with E-state index in [1.807, 2.05) is 12.1 Å². The molecule has 3 aromatic carbocycles. The van der Waals surface area contributed by atoms with Crippen LogP contribution in [0.5, 0.6) is 11.5 Å². The molecule has 35 heavy (non-hydrogen) atoms. The SMILES string of the molecule is COc1ccc(CCN2C(=O)c3oc4ccc(Cl)cc4c(=O)c3[C@@H]2c2ccccc2F)cc1OC. The number of methoxy groups -OCH3 is 2. The summed E-state index contributed by atoms with van der Waals surface area (Å²) in [5, 5.41) is 0.606. The van der Waals surface area contributed by atoms with Gasteiger partial charge in [0.15, 0.2) is 16.9 Å². The van der Waals surface area contributed by atoms with E-state index in [9.17, 15) is 14.0 Å². The van der Waals surface area contributed by atoms with Crippen molar-refractivity contribution >= 4 is 28.5 Å². The lowest BCUT2D eigenvalue weighted by molar-refractivity contribution is 0.0728. The van der Waals surface area contributed by atoms with Gasteiger partial charge in [-0.15, -0.1) is 0 Å². The Morgan fingerprint density at radius 2 is 1.77 bits per heavy atom. The predicted octanol–water partition coefficient (Wildman–Crippen LogP) is 5.39. The van der Waals surface area contributed by atoms with E-state index in [1.54, 1.807) is 50.6 Å². The van der Waals surface area contributed by atoms with Gasteiger partial charge in [-0.3, -0.25) is 9.59 Å². The normalized spacial score (nSPS) is 14.9. The van der Waals surface area contributed by atoms with Crippen LogP contribution < -0.4 is 14.9 Å². The molecule has 6 nitrogen and oxygen atoms in total. The topological polar surface area (TPSA) is 69.0 Å². The molecule has 0 saturated heterocycles. The molecule has 0 unspecified atom stereocenters. The minimum atomic E-state index is -0.932. The molecule has 1 atom stereocenters. The number of hydrogen-bond donors (Lipinski definition) is 0. The van der Waals surface area contributed by atoms with Crippen LogP contribution >= 0.6 is 11.6 Å². The first-order valence-corrected chi connectivity index (χ1v) is 11.3. The van der Waals surface area contributed by atoms with Crippen molar-refractivity contribution < 1.29 is 23.1 Å². The highest BCUT2D eigenvalue weighted by molar-refractivity contribution is 6.31. The van der Waals surface area contributed by atoms with Crippen molar-refractivity contribution in [3.8, 4) is 11.5 Å². The summed E-state index contributed by atoms with van der Waals surface area (Å²) >= 11 is 6.10. The number of ether oxygens (including phenoxy) is 2. The summed E-state index contributed by atoms with van der Waals surface area (Å²) in [6.07, 6.45) is 0.435. The summed E-state index contributed by atoms with van der Waals surface area (Å²) in [6.45, 7) is 0.216. The molecule has 0 bridgehead atoms. The molecule has 0 aliphatic carbocycles. The van der Waals surface area contributed by atoms with Crippen molar-refractivity contribution in [2.75, 3.05) is 20.8 Å². The fourth-order valence-electron chi connectivity index (χ4n) is 4.53. The third kappa shape index (κ3) is 3.91. The Balaban J connectivity index is 1.60. The number of amides is 1. The van der Waals surface area contributed by atoms with E-state index in [2.05, 4.69) is 0 Å². The molecule has 5 rings (SSSR count). The zero-order valence-corrected chi connectivity index (χ0v) is 19.8. The molecule has 1 aromatic heterocycles. The molecule has 0 saturated carbocycles. The van der Waals surface area contributed by atoms with E-state index in [0.717, 1.165) is 5.56 Å². The third-order valence-electron chi connectivity index (χ3n) is 6.22. The van der Waals surface area contributed by atoms with Crippen molar-refractivity contribution in [3.63, 3.8) is 0 Å². The maximum atomic E-state index is 15.0. The molecule has 1 aliphatic rings. The maximum absolute atomic E-state index is 15.0. The maximum Gasteiger partial charge on any atom is 0.290 e. The highest BCUT2D eigenvalue weighted by atomic mass is 35.5. The quantitative estimate of drug-likeness (QED) is 0.360. The minimum Gasteiger partial charge on any atom is -0.493 e. The zero-order chi connectivity index (χ0) is 24.7. The number of halogens is 2. The van der Waals surface area contributed by atoms with Crippen LogP contribution in [-0.2, 0) is 6.42 Å². The van der Waals surface area contributed by atoms with E-state index in [1.165, 1.54) is 17.0 Å². The largest absolute Gasteiger partial charge is 0.493 e. The van der Waals surface area contributed by atoms with Gasteiger partial charge >= 0.3 is 0 Å². The number of benzene rings is 3. The van der Waals surface area contributed by atoms with Crippen molar-refractivity contribution in [1.82, 2.24) is 4.90 Å².